The third-order valence-corrected chi connectivity index (χ3v) is 4.39. The Labute approximate surface area is 142 Å². The van der Waals surface area contributed by atoms with E-state index in [0.717, 1.165) is 12.8 Å². The summed E-state index contributed by atoms with van der Waals surface area (Å²) in [5.74, 6) is -2.92. The first-order valence-electron chi connectivity index (χ1n) is 8.62. The monoisotopic (exact) mass is 344 g/mol. The zero-order chi connectivity index (χ0) is 18.5. The highest BCUT2D eigenvalue weighted by atomic mass is 19.3. The third-order valence-electron chi connectivity index (χ3n) is 4.39. The third kappa shape index (κ3) is 5.11. The molecule has 0 bridgehead atoms. The van der Waals surface area contributed by atoms with Crippen LogP contribution in [0, 0.1) is 5.92 Å². The summed E-state index contributed by atoms with van der Waals surface area (Å²) >= 11 is 0. The number of allylic oxidation sites excluding steroid dienone is 1. The number of carbonyl (C=O) groups excluding carboxylic acids is 1. The maximum Gasteiger partial charge on any atom is 0.252 e. The van der Waals surface area contributed by atoms with E-state index in [1.807, 2.05) is 13.8 Å². The number of halogens is 2. The molecule has 7 heteroatoms. The second-order valence-electron chi connectivity index (χ2n) is 6.18. The number of primary amides is 1. The van der Waals surface area contributed by atoms with Gasteiger partial charge in [-0.25, -0.2) is 8.78 Å². The van der Waals surface area contributed by atoms with Crippen molar-refractivity contribution in [3.63, 3.8) is 0 Å². The normalized spacial score (nSPS) is 22.5. The predicted octanol–water partition coefficient (Wildman–Crippen LogP) is 2.43. The molecule has 2 fully saturated rings. The maximum absolute atomic E-state index is 13.5. The quantitative estimate of drug-likeness (QED) is 0.539. The number of likely N-dealkylation sites (tertiary alicyclic amines) is 1. The van der Waals surface area contributed by atoms with Crippen LogP contribution in [0.3, 0.4) is 0 Å². The lowest BCUT2D eigenvalue weighted by Crippen LogP contribution is -2.34. The molecule has 1 aliphatic heterocycles. The lowest BCUT2D eigenvalue weighted by molar-refractivity contribution is -0.114. The van der Waals surface area contributed by atoms with Crippen molar-refractivity contribution in [2.75, 3.05) is 13.1 Å². The zero-order valence-electron chi connectivity index (χ0n) is 14.9. The van der Waals surface area contributed by atoms with E-state index in [1.54, 1.807) is 11.8 Å². The summed E-state index contributed by atoms with van der Waals surface area (Å²) in [4.78, 5) is 13.4. The fraction of sp³-hybridized carbons (Fsp3) is 0.706. The number of rotatable bonds is 4. The minimum absolute atomic E-state index is 0.103. The summed E-state index contributed by atoms with van der Waals surface area (Å²) in [6, 6.07) is 0. The van der Waals surface area contributed by atoms with Gasteiger partial charge in [-0.15, -0.1) is 0 Å². The van der Waals surface area contributed by atoms with Crippen LogP contribution in [0.15, 0.2) is 22.7 Å². The standard InChI is InChI=1S/C15H24F2N4O.C2H6/c1-9(12(18)10-3-4-10)11(14(20)22)13(19)21-7-2-5-15(16,17)6-8-21;1-2/h10H,2-8,18-19H2,1H3,(H2,20,22);1-2H3/b12-9-,13-11-;. The topological polar surface area (TPSA) is 98.4 Å². The molecule has 1 heterocycles. The number of hydrogen-bond donors (Lipinski definition) is 3. The molecular weight excluding hydrogens is 314 g/mol. The van der Waals surface area contributed by atoms with Gasteiger partial charge >= 0.3 is 0 Å². The van der Waals surface area contributed by atoms with Crippen LogP contribution in [0.4, 0.5) is 8.78 Å². The number of nitrogens with zero attached hydrogens (tertiary/aromatic N) is 1. The van der Waals surface area contributed by atoms with Crippen molar-refractivity contribution >= 4 is 5.91 Å². The molecule has 0 aromatic rings. The predicted molar refractivity (Wildman–Crippen MR) is 91.7 cm³/mol. The lowest BCUT2D eigenvalue weighted by Gasteiger charge is -2.25. The van der Waals surface area contributed by atoms with Gasteiger partial charge in [0.15, 0.2) is 0 Å². The molecule has 0 aromatic heterocycles. The number of carbonyl (C=O) groups is 1. The van der Waals surface area contributed by atoms with Crippen molar-refractivity contribution in [3.05, 3.63) is 22.7 Å². The van der Waals surface area contributed by atoms with E-state index in [9.17, 15) is 13.6 Å². The van der Waals surface area contributed by atoms with Crippen LogP contribution in [0.5, 0.6) is 0 Å². The van der Waals surface area contributed by atoms with Crippen molar-refractivity contribution in [2.24, 2.45) is 23.1 Å². The largest absolute Gasteiger partial charge is 0.402 e. The molecule has 5 nitrogen and oxygen atoms in total. The molecule has 0 aromatic carbocycles. The molecule has 1 aliphatic carbocycles. The van der Waals surface area contributed by atoms with E-state index in [4.69, 9.17) is 17.2 Å². The Morgan fingerprint density at radius 1 is 1.08 bits per heavy atom. The smallest absolute Gasteiger partial charge is 0.252 e. The van der Waals surface area contributed by atoms with Crippen molar-refractivity contribution in [2.45, 2.75) is 58.8 Å². The number of nitrogens with two attached hydrogens (primary N) is 3. The first kappa shape index (κ1) is 20.3. The molecule has 2 rings (SSSR count). The summed E-state index contributed by atoms with van der Waals surface area (Å²) in [5.41, 5.74) is 18.9. The van der Waals surface area contributed by atoms with Crippen LogP contribution in [-0.4, -0.2) is 29.8 Å². The Morgan fingerprint density at radius 3 is 2.17 bits per heavy atom. The highest BCUT2D eigenvalue weighted by molar-refractivity contribution is 5.97. The van der Waals surface area contributed by atoms with E-state index in [2.05, 4.69) is 0 Å². The Bertz CT molecular complexity index is 525. The van der Waals surface area contributed by atoms with Gasteiger partial charge < -0.3 is 22.1 Å². The number of alkyl halides is 2. The summed E-state index contributed by atoms with van der Waals surface area (Å²) in [7, 11) is 0. The zero-order valence-corrected chi connectivity index (χ0v) is 14.9. The van der Waals surface area contributed by atoms with E-state index in [0.29, 0.717) is 24.2 Å². The van der Waals surface area contributed by atoms with E-state index in [1.165, 1.54) is 0 Å². The average Bonchev–Trinajstić information content (AvgIpc) is 3.36. The van der Waals surface area contributed by atoms with Crippen LogP contribution >= 0.6 is 0 Å². The van der Waals surface area contributed by atoms with Gasteiger partial charge in [-0.1, -0.05) is 13.8 Å². The Hall–Kier alpha value is -1.79. The first-order chi connectivity index (χ1) is 11.2. The molecule has 0 radical (unpaired) electrons. The van der Waals surface area contributed by atoms with Crippen LogP contribution in [0.2, 0.25) is 0 Å². The fourth-order valence-electron chi connectivity index (χ4n) is 2.81. The number of amides is 1. The Kier molecular flexibility index (Phi) is 7.05. The fourth-order valence-corrected chi connectivity index (χ4v) is 2.81. The highest BCUT2D eigenvalue weighted by Gasteiger charge is 2.33. The molecule has 24 heavy (non-hydrogen) atoms. The van der Waals surface area contributed by atoms with Crippen LogP contribution in [0.25, 0.3) is 0 Å². The number of hydrogen-bond acceptors (Lipinski definition) is 4. The minimum Gasteiger partial charge on any atom is -0.402 e. The first-order valence-corrected chi connectivity index (χ1v) is 8.62. The molecule has 1 saturated carbocycles. The maximum atomic E-state index is 13.5. The molecule has 2 aliphatic rings. The molecule has 0 atom stereocenters. The molecule has 0 spiro atoms. The van der Waals surface area contributed by atoms with Gasteiger partial charge in [0.25, 0.3) is 5.91 Å². The molecular formula is C17H30F2N4O. The van der Waals surface area contributed by atoms with E-state index >= 15 is 0 Å². The van der Waals surface area contributed by atoms with Gasteiger partial charge in [0, 0.05) is 31.6 Å². The van der Waals surface area contributed by atoms with Gasteiger partial charge in [0.05, 0.1) is 5.57 Å². The van der Waals surface area contributed by atoms with Crippen molar-refractivity contribution < 1.29 is 13.6 Å². The molecule has 138 valence electrons. The van der Waals surface area contributed by atoms with E-state index < -0.39 is 11.8 Å². The van der Waals surface area contributed by atoms with Crippen molar-refractivity contribution in [1.82, 2.24) is 4.90 Å². The van der Waals surface area contributed by atoms with Gasteiger partial charge in [-0.05, 0) is 37.7 Å². The van der Waals surface area contributed by atoms with Gasteiger partial charge in [-0.2, -0.15) is 0 Å². The van der Waals surface area contributed by atoms with Gasteiger partial charge in [0.2, 0.25) is 5.92 Å². The Morgan fingerprint density at radius 2 is 1.67 bits per heavy atom. The molecule has 6 N–H and O–H groups in total. The average molecular weight is 344 g/mol. The SMILES string of the molecule is CC.CC(/C(C(N)=O)=C(\N)N1CCCC(F)(F)CC1)=C(/N)C1CC1. The van der Waals surface area contributed by atoms with Crippen molar-refractivity contribution in [3.8, 4) is 0 Å². The summed E-state index contributed by atoms with van der Waals surface area (Å²) < 4.78 is 26.9. The second-order valence-corrected chi connectivity index (χ2v) is 6.18. The molecule has 1 amide bonds. The van der Waals surface area contributed by atoms with E-state index in [-0.39, 0.29) is 36.7 Å². The molecule has 0 unspecified atom stereocenters. The van der Waals surface area contributed by atoms with Crippen molar-refractivity contribution in [1.29, 1.82) is 0 Å². The van der Waals surface area contributed by atoms with Gasteiger partial charge in [0.1, 0.15) is 5.82 Å². The highest BCUT2D eigenvalue weighted by Crippen LogP contribution is 2.37. The van der Waals surface area contributed by atoms with Gasteiger partial charge in [-0.3, -0.25) is 4.79 Å². The second kappa shape index (κ2) is 8.35. The minimum atomic E-state index is -2.68. The van der Waals surface area contributed by atoms with Crippen LogP contribution < -0.4 is 17.2 Å². The lowest BCUT2D eigenvalue weighted by atomic mass is 10.0. The molecule has 1 saturated heterocycles. The summed E-state index contributed by atoms with van der Waals surface area (Å²) in [5, 5.41) is 0. The summed E-state index contributed by atoms with van der Waals surface area (Å²) in [6.45, 7) is 6.20. The summed E-state index contributed by atoms with van der Waals surface area (Å²) in [6.07, 6.45) is 1.86. The Balaban J connectivity index is 0.00000139. The van der Waals surface area contributed by atoms with Crippen LogP contribution in [-0.2, 0) is 4.79 Å². The van der Waals surface area contributed by atoms with Crippen LogP contribution in [0.1, 0.15) is 52.9 Å².